The van der Waals surface area contributed by atoms with Crippen LogP contribution in [-0.4, -0.2) is 57.5 Å². The molecule has 2 saturated heterocycles. The lowest BCUT2D eigenvalue weighted by atomic mass is 10.2. The number of hydrogen-bond acceptors (Lipinski definition) is 6. The summed E-state index contributed by atoms with van der Waals surface area (Å²) in [6.45, 7) is 2.50. The zero-order chi connectivity index (χ0) is 17.9. The van der Waals surface area contributed by atoms with E-state index in [1.807, 2.05) is 0 Å². The Labute approximate surface area is 147 Å². The molecule has 2 aliphatic rings. The molecular weight excluding hydrogens is 342 g/mol. The molecule has 3 rings (SSSR count). The van der Waals surface area contributed by atoms with Gasteiger partial charge in [0.1, 0.15) is 0 Å². The van der Waals surface area contributed by atoms with Crippen LogP contribution in [0.1, 0.15) is 23.2 Å². The lowest BCUT2D eigenvalue weighted by Crippen LogP contribution is -2.37. The molecule has 0 saturated carbocycles. The molecule has 9 heteroatoms. The van der Waals surface area contributed by atoms with E-state index in [0.717, 1.165) is 13.0 Å². The molecule has 8 nitrogen and oxygen atoms in total. The van der Waals surface area contributed by atoms with Crippen molar-refractivity contribution in [2.24, 2.45) is 0 Å². The summed E-state index contributed by atoms with van der Waals surface area (Å²) in [5.41, 5.74) is 0.294. The molecule has 3 N–H and O–H groups in total. The van der Waals surface area contributed by atoms with Crippen molar-refractivity contribution in [2.75, 3.05) is 26.2 Å². The third kappa shape index (κ3) is 4.28. The Bertz CT molecular complexity index is 783. The van der Waals surface area contributed by atoms with Crippen LogP contribution < -0.4 is 15.4 Å². The van der Waals surface area contributed by atoms with Crippen molar-refractivity contribution in [2.45, 2.75) is 29.8 Å². The maximum Gasteiger partial charge on any atom is 0.251 e. The normalized spacial score (nSPS) is 23.4. The standard InChI is InChI=1S/C16H21N5O3S/c17-11-21-7-5-14(10-21)19-16(22)12-2-1-3-15(8-12)25(23,24)20-13-4-6-18-9-13/h1-3,8,13-14,18,20H,4-7,9-10H2,(H,19,22). The van der Waals surface area contributed by atoms with Crippen LogP contribution in [0.25, 0.3) is 0 Å². The quantitative estimate of drug-likeness (QED) is 0.614. The summed E-state index contributed by atoms with van der Waals surface area (Å²) in [6.07, 6.45) is 3.51. The summed E-state index contributed by atoms with van der Waals surface area (Å²) >= 11 is 0. The Kier molecular flexibility index (Phi) is 5.22. The second kappa shape index (κ2) is 7.39. The van der Waals surface area contributed by atoms with Crippen LogP contribution in [0.4, 0.5) is 0 Å². The van der Waals surface area contributed by atoms with E-state index in [-0.39, 0.29) is 22.9 Å². The molecule has 134 valence electrons. The highest BCUT2D eigenvalue weighted by Crippen LogP contribution is 2.14. The topological polar surface area (TPSA) is 114 Å². The number of amides is 1. The van der Waals surface area contributed by atoms with Crippen LogP contribution in [0.3, 0.4) is 0 Å². The van der Waals surface area contributed by atoms with Crippen molar-refractivity contribution in [3.8, 4) is 6.19 Å². The largest absolute Gasteiger partial charge is 0.347 e. The lowest BCUT2D eigenvalue weighted by molar-refractivity contribution is 0.0938. The van der Waals surface area contributed by atoms with E-state index in [9.17, 15) is 13.2 Å². The third-order valence-corrected chi connectivity index (χ3v) is 5.97. The minimum Gasteiger partial charge on any atom is -0.347 e. The van der Waals surface area contributed by atoms with Gasteiger partial charge in [0.25, 0.3) is 5.91 Å². The number of carbonyl (C=O) groups is 1. The fourth-order valence-corrected chi connectivity index (χ4v) is 4.40. The van der Waals surface area contributed by atoms with Gasteiger partial charge in [0.05, 0.1) is 4.90 Å². The highest BCUT2D eigenvalue weighted by molar-refractivity contribution is 7.89. The summed E-state index contributed by atoms with van der Waals surface area (Å²) in [5.74, 6) is -0.329. The van der Waals surface area contributed by atoms with E-state index >= 15 is 0 Å². The molecule has 1 aromatic carbocycles. The van der Waals surface area contributed by atoms with Gasteiger partial charge in [0.15, 0.2) is 6.19 Å². The summed E-state index contributed by atoms with van der Waals surface area (Å²) in [5, 5.41) is 14.8. The van der Waals surface area contributed by atoms with Gasteiger partial charge in [-0.05, 0) is 37.6 Å². The Morgan fingerprint density at radius 1 is 1.32 bits per heavy atom. The molecule has 0 spiro atoms. The number of nitriles is 1. The van der Waals surface area contributed by atoms with Crippen molar-refractivity contribution in [3.05, 3.63) is 29.8 Å². The molecule has 25 heavy (non-hydrogen) atoms. The van der Waals surface area contributed by atoms with E-state index in [1.165, 1.54) is 12.1 Å². The minimum atomic E-state index is -3.66. The van der Waals surface area contributed by atoms with E-state index in [4.69, 9.17) is 5.26 Å². The number of benzene rings is 1. The number of nitrogens with one attached hydrogen (secondary N) is 3. The van der Waals surface area contributed by atoms with Crippen molar-refractivity contribution < 1.29 is 13.2 Å². The molecule has 0 bridgehead atoms. The zero-order valence-corrected chi connectivity index (χ0v) is 14.6. The van der Waals surface area contributed by atoms with Crippen molar-refractivity contribution >= 4 is 15.9 Å². The number of nitrogens with zero attached hydrogens (tertiary/aromatic N) is 2. The minimum absolute atomic E-state index is 0.0807. The maximum atomic E-state index is 12.5. The first-order valence-corrected chi connectivity index (χ1v) is 9.75. The van der Waals surface area contributed by atoms with Crippen LogP contribution in [0.15, 0.2) is 29.2 Å². The van der Waals surface area contributed by atoms with Gasteiger partial charge in [-0.25, -0.2) is 13.1 Å². The van der Waals surface area contributed by atoms with Crippen molar-refractivity contribution in [1.29, 1.82) is 5.26 Å². The molecular formula is C16H21N5O3S. The lowest BCUT2D eigenvalue weighted by Gasteiger charge is -2.14. The molecule has 0 radical (unpaired) electrons. The van der Waals surface area contributed by atoms with E-state index < -0.39 is 10.0 Å². The highest BCUT2D eigenvalue weighted by atomic mass is 32.2. The third-order valence-electron chi connectivity index (χ3n) is 4.45. The molecule has 2 atom stereocenters. The SMILES string of the molecule is N#CN1CCC(NC(=O)c2cccc(S(=O)(=O)NC3CCNC3)c2)C1. The van der Waals surface area contributed by atoms with Gasteiger partial charge in [-0.1, -0.05) is 6.07 Å². The average molecular weight is 363 g/mol. The van der Waals surface area contributed by atoms with Crippen molar-refractivity contribution in [1.82, 2.24) is 20.3 Å². The second-order valence-corrected chi connectivity index (χ2v) is 8.06. The van der Waals surface area contributed by atoms with Gasteiger partial charge in [0.2, 0.25) is 10.0 Å². The summed E-state index contributed by atoms with van der Waals surface area (Å²) in [4.78, 5) is 14.1. The molecule has 2 aliphatic heterocycles. The van der Waals surface area contributed by atoms with Crippen molar-refractivity contribution in [3.63, 3.8) is 0 Å². The van der Waals surface area contributed by atoms with E-state index in [1.54, 1.807) is 17.0 Å². The molecule has 0 aromatic heterocycles. The smallest absolute Gasteiger partial charge is 0.251 e. The molecule has 2 unspecified atom stereocenters. The maximum absolute atomic E-state index is 12.5. The van der Waals surface area contributed by atoms with Gasteiger partial charge in [-0.15, -0.1) is 0 Å². The molecule has 0 aliphatic carbocycles. The number of likely N-dealkylation sites (tertiary alicyclic amines) is 1. The van der Waals surface area contributed by atoms with E-state index in [0.29, 0.717) is 31.6 Å². The van der Waals surface area contributed by atoms with Gasteiger partial charge < -0.3 is 15.5 Å². The van der Waals surface area contributed by atoms with Gasteiger partial charge in [0, 0.05) is 37.3 Å². The summed E-state index contributed by atoms with van der Waals surface area (Å²) in [6, 6.07) is 5.79. The van der Waals surface area contributed by atoms with Gasteiger partial charge >= 0.3 is 0 Å². The first-order chi connectivity index (χ1) is 12.0. The van der Waals surface area contributed by atoms with Gasteiger partial charge in [-0.2, -0.15) is 5.26 Å². The Hall–Kier alpha value is -2.15. The first-order valence-electron chi connectivity index (χ1n) is 8.26. The second-order valence-electron chi connectivity index (χ2n) is 6.34. The summed E-state index contributed by atoms with van der Waals surface area (Å²) in [7, 11) is -3.66. The predicted octanol–water partition coefficient (Wildman–Crippen LogP) is -0.388. The van der Waals surface area contributed by atoms with Crippen LogP contribution in [-0.2, 0) is 10.0 Å². The average Bonchev–Trinajstić information content (AvgIpc) is 3.26. The fraction of sp³-hybridized carbons (Fsp3) is 0.500. The predicted molar refractivity (Wildman–Crippen MR) is 91.1 cm³/mol. The molecule has 2 fully saturated rings. The number of carbonyl (C=O) groups excluding carboxylic acids is 1. The number of hydrogen-bond donors (Lipinski definition) is 3. The number of rotatable bonds is 5. The Balaban J connectivity index is 1.68. The van der Waals surface area contributed by atoms with Crippen LogP contribution >= 0.6 is 0 Å². The molecule has 2 heterocycles. The molecule has 1 amide bonds. The Morgan fingerprint density at radius 2 is 2.16 bits per heavy atom. The van der Waals surface area contributed by atoms with Crippen LogP contribution in [0.2, 0.25) is 0 Å². The summed E-state index contributed by atoms with van der Waals surface area (Å²) < 4.78 is 27.6. The van der Waals surface area contributed by atoms with Gasteiger partial charge in [-0.3, -0.25) is 4.79 Å². The first kappa shape index (κ1) is 17.7. The number of sulfonamides is 1. The highest BCUT2D eigenvalue weighted by Gasteiger charge is 2.25. The van der Waals surface area contributed by atoms with E-state index in [2.05, 4.69) is 21.5 Å². The fourth-order valence-electron chi connectivity index (χ4n) is 3.08. The van der Waals surface area contributed by atoms with Crippen LogP contribution in [0.5, 0.6) is 0 Å². The Morgan fingerprint density at radius 3 is 2.84 bits per heavy atom. The monoisotopic (exact) mass is 363 g/mol. The van der Waals surface area contributed by atoms with Crippen LogP contribution in [0, 0.1) is 11.5 Å². The molecule has 1 aromatic rings. The zero-order valence-electron chi connectivity index (χ0n) is 13.7.